The van der Waals surface area contributed by atoms with E-state index in [1.165, 1.54) is 6.08 Å². The quantitative estimate of drug-likeness (QED) is 0.592. The van der Waals surface area contributed by atoms with Crippen LogP contribution in [0.25, 0.3) is 0 Å². The molecule has 0 spiro atoms. The molecule has 0 atom stereocenters. The van der Waals surface area contributed by atoms with Crippen molar-refractivity contribution in [3.63, 3.8) is 0 Å². The molecule has 0 saturated carbocycles. The lowest BCUT2D eigenvalue weighted by atomic mass is 10.7. The molecule has 0 aromatic heterocycles. The van der Waals surface area contributed by atoms with Crippen LogP contribution in [0.2, 0.25) is 0 Å². The van der Waals surface area contributed by atoms with Crippen molar-refractivity contribution in [2.45, 2.75) is 0 Å². The maximum absolute atomic E-state index is 7.76. The first-order valence-electron chi connectivity index (χ1n) is 1.13. The van der Waals surface area contributed by atoms with Crippen molar-refractivity contribution in [1.29, 1.82) is 0 Å². The molecule has 3 heteroatoms. The molecular weight excluding hydrogens is 210 g/mol. The summed E-state index contributed by atoms with van der Waals surface area (Å²) in [5.74, 6) is 0. The number of hydrogen-bond acceptors (Lipinski definition) is 0. The van der Waals surface area contributed by atoms with E-state index in [-0.39, 0.29) is 40.5 Å². The maximum atomic E-state index is 7.76. The van der Waals surface area contributed by atoms with Gasteiger partial charge in [0.15, 0.2) is 0 Å². The minimum atomic E-state index is 0. The van der Waals surface area contributed by atoms with E-state index in [1.807, 2.05) is 0 Å². The molecular formula is C3H7Br2N. The summed E-state index contributed by atoms with van der Waals surface area (Å²) >= 11 is 0. The van der Waals surface area contributed by atoms with Crippen LogP contribution in [0.3, 0.4) is 0 Å². The van der Waals surface area contributed by atoms with E-state index < -0.39 is 0 Å². The van der Waals surface area contributed by atoms with Gasteiger partial charge in [-0.05, 0) is 0 Å². The lowest BCUT2D eigenvalue weighted by Crippen LogP contribution is -1.68. The molecule has 0 N–H and O–H groups in total. The molecule has 0 aliphatic heterocycles. The monoisotopic (exact) mass is 215 g/mol. The fraction of sp³-hybridized carbons (Fsp3) is 0.333. The summed E-state index contributed by atoms with van der Waals surface area (Å²) in [5.41, 5.74) is 7.76. The number of halogens is 2. The van der Waals surface area contributed by atoms with E-state index >= 15 is 0 Å². The summed E-state index contributed by atoms with van der Waals surface area (Å²) in [6.45, 7) is 3.31. The molecule has 0 aromatic carbocycles. The van der Waals surface area contributed by atoms with Crippen LogP contribution in [0.5, 0.6) is 0 Å². The van der Waals surface area contributed by atoms with E-state index in [0.29, 0.717) is 0 Å². The van der Waals surface area contributed by atoms with Gasteiger partial charge in [0, 0.05) is 6.54 Å². The van der Waals surface area contributed by atoms with Gasteiger partial charge >= 0.3 is 0 Å². The van der Waals surface area contributed by atoms with Crippen LogP contribution < -0.4 is 5.73 Å². The molecule has 6 heavy (non-hydrogen) atoms. The second-order valence-electron chi connectivity index (χ2n) is 0.471. The summed E-state index contributed by atoms with van der Waals surface area (Å²) in [6, 6.07) is 0. The van der Waals surface area contributed by atoms with Gasteiger partial charge in [-0.25, -0.2) is 0 Å². The Morgan fingerprint density at radius 3 is 1.67 bits per heavy atom. The highest BCUT2D eigenvalue weighted by atomic mass is 79.9. The molecule has 0 bridgehead atoms. The van der Waals surface area contributed by atoms with Crippen molar-refractivity contribution in [3.8, 4) is 0 Å². The van der Waals surface area contributed by atoms with Crippen LogP contribution in [0.1, 0.15) is 0 Å². The van der Waals surface area contributed by atoms with E-state index in [2.05, 4.69) is 6.58 Å². The van der Waals surface area contributed by atoms with Gasteiger partial charge in [-0.2, -0.15) is 0 Å². The highest BCUT2D eigenvalue weighted by molar-refractivity contribution is 8.93. The van der Waals surface area contributed by atoms with Crippen LogP contribution >= 0.6 is 34.0 Å². The molecule has 0 unspecified atom stereocenters. The first-order valence-corrected chi connectivity index (χ1v) is 1.13. The lowest BCUT2D eigenvalue weighted by Gasteiger charge is -1.55. The van der Waals surface area contributed by atoms with Crippen molar-refractivity contribution < 1.29 is 0 Å². The summed E-state index contributed by atoms with van der Waals surface area (Å²) in [5, 5.41) is 0. The first-order chi connectivity index (χ1) is 1.91. The molecule has 2 radical (unpaired) electrons. The molecule has 0 aliphatic rings. The lowest BCUT2D eigenvalue weighted by molar-refractivity contribution is 1.20. The Kier molecular flexibility index (Phi) is 46.1. The standard InChI is InChI=1S/C3H5N.2BrH/c1-2-3-4;;/h2H,1,3H2;2*1H. The molecule has 0 heterocycles. The Bertz CT molecular complexity index is 22.8. The Labute approximate surface area is 59.1 Å². The zero-order valence-electron chi connectivity index (χ0n) is 3.26. The Morgan fingerprint density at radius 2 is 1.67 bits per heavy atom. The molecule has 0 aromatic rings. The topological polar surface area (TPSA) is 22.3 Å². The van der Waals surface area contributed by atoms with Crippen LogP contribution in [0, 0.1) is 0 Å². The SMILES string of the molecule is Br.Br.C=CC[N]. The maximum Gasteiger partial charge on any atom is 0.0500 e. The second kappa shape index (κ2) is 17.4. The Morgan fingerprint density at radius 1 is 1.50 bits per heavy atom. The predicted molar refractivity (Wildman–Crippen MR) is 37.8 cm³/mol. The molecule has 0 amide bonds. The fourth-order valence-electron chi connectivity index (χ4n) is 0. The minimum Gasteiger partial charge on any atom is -0.140 e. The van der Waals surface area contributed by atoms with Crippen molar-refractivity contribution in [2.75, 3.05) is 6.54 Å². The molecule has 0 saturated heterocycles. The zero-order chi connectivity index (χ0) is 3.41. The van der Waals surface area contributed by atoms with Gasteiger partial charge in [0.1, 0.15) is 0 Å². The van der Waals surface area contributed by atoms with Crippen LogP contribution in [0.15, 0.2) is 12.7 Å². The van der Waals surface area contributed by atoms with E-state index in [0.717, 1.165) is 0 Å². The number of nitrogens with zero attached hydrogens (tertiary/aromatic N) is 1. The summed E-state index contributed by atoms with van der Waals surface area (Å²) in [7, 11) is 0. The predicted octanol–water partition coefficient (Wildman–Crippen LogP) is 1.40. The third-order valence-corrected chi connectivity index (χ3v) is 0.129. The van der Waals surface area contributed by atoms with Gasteiger partial charge < -0.3 is 0 Å². The smallest absolute Gasteiger partial charge is 0.0500 e. The molecule has 0 aliphatic carbocycles. The van der Waals surface area contributed by atoms with E-state index in [1.54, 1.807) is 0 Å². The summed E-state index contributed by atoms with van der Waals surface area (Å²) in [4.78, 5) is 0. The van der Waals surface area contributed by atoms with Gasteiger partial charge in [-0.3, -0.25) is 0 Å². The van der Waals surface area contributed by atoms with Crippen LogP contribution in [-0.4, -0.2) is 6.54 Å². The van der Waals surface area contributed by atoms with E-state index in [9.17, 15) is 0 Å². The zero-order valence-corrected chi connectivity index (χ0v) is 6.68. The highest BCUT2D eigenvalue weighted by Crippen LogP contribution is 1.44. The fourth-order valence-corrected chi connectivity index (χ4v) is 0. The normalized spacial score (nSPS) is 4.17. The first kappa shape index (κ1) is 15.9. The van der Waals surface area contributed by atoms with Gasteiger partial charge in [-0.1, -0.05) is 6.08 Å². The minimum absolute atomic E-state index is 0. The van der Waals surface area contributed by atoms with Gasteiger partial charge in [0.25, 0.3) is 0 Å². The Hall–Kier alpha value is 0.660. The van der Waals surface area contributed by atoms with Crippen LogP contribution in [0.4, 0.5) is 0 Å². The van der Waals surface area contributed by atoms with Gasteiger partial charge in [0.05, 0.1) is 0 Å². The molecule has 0 fully saturated rings. The van der Waals surface area contributed by atoms with Crippen molar-refractivity contribution in [1.82, 2.24) is 5.73 Å². The summed E-state index contributed by atoms with van der Waals surface area (Å²) < 4.78 is 0. The summed E-state index contributed by atoms with van der Waals surface area (Å²) in [6.07, 6.45) is 1.43. The largest absolute Gasteiger partial charge is 0.140 e. The number of hydrogen-bond donors (Lipinski definition) is 0. The molecule has 38 valence electrons. The average Bonchev–Trinajstić information content (AvgIpc) is 1.37. The van der Waals surface area contributed by atoms with Crippen molar-refractivity contribution >= 4 is 34.0 Å². The Balaban J connectivity index is -0.0000000450. The third-order valence-electron chi connectivity index (χ3n) is 0.129. The van der Waals surface area contributed by atoms with Crippen LogP contribution in [-0.2, 0) is 0 Å². The van der Waals surface area contributed by atoms with Crippen molar-refractivity contribution in [2.24, 2.45) is 0 Å². The molecule has 1 nitrogen and oxygen atoms in total. The van der Waals surface area contributed by atoms with Gasteiger partial charge in [0.2, 0.25) is 0 Å². The van der Waals surface area contributed by atoms with E-state index in [4.69, 9.17) is 5.73 Å². The highest BCUT2D eigenvalue weighted by Gasteiger charge is 1.48. The van der Waals surface area contributed by atoms with Gasteiger partial charge in [-0.15, -0.1) is 46.3 Å². The van der Waals surface area contributed by atoms with Crippen molar-refractivity contribution in [3.05, 3.63) is 12.7 Å². The third kappa shape index (κ3) is 22.7. The second-order valence-corrected chi connectivity index (χ2v) is 0.471. The molecule has 0 rings (SSSR count). The average molecular weight is 217 g/mol. The number of rotatable bonds is 1.